The van der Waals surface area contributed by atoms with Crippen molar-refractivity contribution < 1.29 is 8.78 Å². The average molecular weight is 320 g/mol. The van der Waals surface area contributed by atoms with Gasteiger partial charge in [0, 0.05) is 28.5 Å². The first kappa shape index (κ1) is 15.2. The van der Waals surface area contributed by atoms with E-state index in [4.69, 9.17) is 23.2 Å². The van der Waals surface area contributed by atoms with Crippen LogP contribution in [0.2, 0.25) is 10.0 Å². The molecule has 1 heterocycles. The van der Waals surface area contributed by atoms with E-state index in [1.807, 2.05) is 13.0 Å². The maximum Gasteiger partial charge on any atom is 0.319 e. The van der Waals surface area contributed by atoms with Gasteiger partial charge in [-0.15, -0.1) is 0 Å². The van der Waals surface area contributed by atoms with Gasteiger partial charge in [-0.1, -0.05) is 29.3 Å². The largest absolute Gasteiger partial charge is 0.319 e. The molecule has 7 heteroatoms. The lowest BCUT2D eigenvalue weighted by Gasteiger charge is -2.16. The molecule has 0 aliphatic carbocycles. The predicted molar refractivity (Wildman–Crippen MR) is 75.2 cm³/mol. The van der Waals surface area contributed by atoms with Crippen LogP contribution < -0.4 is 5.32 Å². The van der Waals surface area contributed by atoms with Gasteiger partial charge in [0.2, 0.25) is 0 Å². The van der Waals surface area contributed by atoms with Gasteiger partial charge in [0.25, 0.3) is 0 Å². The molecule has 0 radical (unpaired) electrons. The standard InChI is InChI=1S/C13H13Cl2F2N3/c1-8(10-3-2-9(14)6-11(10)15)19-7-12-18-4-5-20(12)13(16)17/h2-6,8,13,19H,7H2,1H3. The number of hydrogen-bond acceptors (Lipinski definition) is 2. The summed E-state index contributed by atoms with van der Waals surface area (Å²) in [5.74, 6) is 0.275. The van der Waals surface area contributed by atoms with E-state index in [2.05, 4.69) is 10.3 Å². The van der Waals surface area contributed by atoms with Crippen LogP contribution in [0, 0.1) is 0 Å². The second-order valence-corrected chi connectivity index (χ2v) is 5.14. The number of imidazole rings is 1. The summed E-state index contributed by atoms with van der Waals surface area (Å²) in [7, 11) is 0. The summed E-state index contributed by atoms with van der Waals surface area (Å²) in [6.45, 7) is -0.480. The Labute approximate surface area is 125 Å². The van der Waals surface area contributed by atoms with Crippen LogP contribution in [0.15, 0.2) is 30.6 Å². The van der Waals surface area contributed by atoms with Crippen LogP contribution in [0.25, 0.3) is 0 Å². The molecule has 0 saturated heterocycles. The Morgan fingerprint density at radius 2 is 2.10 bits per heavy atom. The molecule has 0 aliphatic heterocycles. The zero-order valence-electron chi connectivity index (χ0n) is 10.7. The van der Waals surface area contributed by atoms with E-state index in [1.165, 1.54) is 12.4 Å². The molecule has 20 heavy (non-hydrogen) atoms. The molecule has 3 nitrogen and oxygen atoms in total. The molecule has 2 rings (SSSR count). The third-order valence-corrected chi connectivity index (χ3v) is 3.52. The van der Waals surface area contributed by atoms with Gasteiger partial charge in [-0.25, -0.2) is 4.98 Å². The Balaban J connectivity index is 2.05. The highest BCUT2D eigenvalue weighted by atomic mass is 35.5. The number of halogens is 4. The first-order valence-electron chi connectivity index (χ1n) is 5.97. The molecule has 1 aromatic carbocycles. The predicted octanol–water partition coefficient (Wildman–Crippen LogP) is 4.44. The molecule has 1 atom stereocenters. The first-order chi connectivity index (χ1) is 9.49. The van der Waals surface area contributed by atoms with E-state index in [0.717, 1.165) is 10.1 Å². The summed E-state index contributed by atoms with van der Waals surface area (Å²) < 4.78 is 26.2. The average Bonchev–Trinajstić information content (AvgIpc) is 2.84. The number of hydrogen-bond donors (Lipinski definition) is 1. The molecule has 0 aliphatic rings. The van der Waals surface area contributed by atoms with Gasteiger partial charge in [-0.2, -0.15) is 8.78 Å². The summed E-state index contributed by atoms with van der Waals surface area (Å²) in [6.07, 6.45) is 2.60. The quantitative estimate of drug-likeness (QED) is 0.883. The van der Waals surface area contributed by atoms with E-state index in [0.29, 0.717) is 10.0 Å². The van der Waals surface area contributed by atoms with E-state index in [1.54, 1.807) is 12.1 Å². The Kier molecular flexibility index (Phi) is 4.96. The molecule has 0 fully saturated rings. The molecule has 0 saturated carbocycles. The van der Waals surface area contributed by atoms with Crippen LogP contribution in [0.1, 0.15) is 30.9 Å². The van der Waals surface area contributed by atoms with Crippen molar-refractivity contribution >= 4 is 23.2 Å². The lowest BCUT2D eigenvalue weighted by Crippen LogP contribution is -2.21. The molecule has 0 amide bonds. The van der Waals surface area contributed by atoms with E-state index < -0.39 is 6.55 Å². The number of nitrogens with one attached hydrogen (secondary N) is 1. The minimum absolute atomic E-state index is 0.109. The number of nitrogens with zero attached hydrogens (tertiary/aromatic N) is 2. The van der Waals surface area contributed by atoms with Crippen molar-refractivity contribution in [3.8, 4) is 0 Å². The van der Waals surface area contributed by atoms with Crippen molar-refractivity contribution in [2.45, 2.75) is 26.1 Å². The van der Waals surface area contributed by atoms with Crippen molar-refractivity contribution in [1.82, 2.24) is 14.9 Å². The van der Waals surface area contributed by atoms with Gasteiger partial charge in [0.15, 0.2) is 0 Å². The van der Waals surface area contributed by atoms with E-state index in [-0.39, 0.29) is 18.4 Å². The Bertz CT molecular complexity index is 587. The van der Waals surface area contributed by atoms with Crippen LogP contribution in [0.5, 0.6) is 0 Å². The summed E-state index contributed by atoms with van der Waals surface area (Å²) in [4.78, 5) is 3.91. The van der Waals surface area contributed by atoms with Gasteiger partial charge in [0.1, 0.15) is 5.82 Å². The smallest absolute Gasteiger partial charge is 0.303 e. The number of benzene rings is 1. The number of alkyl halides is 2. The molecular formula is C13H13Cl2F2N3. The highest BCUT2D eigenvalue weighted by molar-refractivity contribution is 6.35. The second-order valence-electron chi connectivity index (χ2n) is 4.30. The fourth-order valence-electron chi connectivity index (χ4n) is 1.87. The second kappa shape index (κ2) is 6.52. The molecule has 1 aromatic heterocycles. The van der Waals surface area contributed by atoms with Gasteiger partial charge >= 0.3 is 6.55 Å². The maximum atomic E-state index is 12.7. The van der Waals surface area contributed by atoms with Gasteiger partial charge in [-0.05, 0) is 24.6 Å². The fraction of sp³-hybridized carbons (Fsp3) is 0.308. The minimum Gasteiger partial charge on any atom is -0.303 e. The normalized spacial score (nSPS) is 12.9. The molecule has 1 N–H and O–H groups in total. The van der Waals surface area contributed by atoms with Crippen LogP contribution in [0.3, 0.4) is 0 Å². The highest BCUT2D eigenvalue weighted by Crippen LogP contribution is 2.26. The van der Waals surface area contributed by atoms with Gasteiger partial charge < -0.3 is 5.32 Å². The van der Waals surface area contributed by atoms with Crippen molar-refractivity contribution in [2.75, 3.05) is 0 Å². The van der Waals surface area contributed by atoms with Crippen LogP contribution in [-0.2, 0) is 6.54 Å². The van der Waals surface area contributed by atoms with E-state index in [9.17, 15) is 8.78 Å². The minimum atomic E-state index is -2.59. The lowest BCUT2D eigenvalue weighted by molar-refractivity contribution is 0.0665. The lowest BCUT2D eigenvalue weighted by atomic mass is 10.1. The molecule has 0 bridgehead atoms. The fourth-order valence-corrected chi connectivity index (χ4v) is 2.44. The Morgan fingerprint density at radius 1 is 1.35 bits per heavy atom. The highest BCUT2D eigenvalue weighted by Gasteiger charge is 2.14. The zero-order chi connectivity index (χ0) is 14.7. The summed E-state index contributed by atoms with van der Waals surface area (Å²) in [5.41, 5.74) is 0.853. The third kappa shape index (κ3) is 3.48. The van der Waals surface area contributed by atoms with Gasteiger partial charge in [0.05, 0.1) is 6.54 Å². The van der Waals surface area contributed by atoms with E-state index >= 15 is 0 Å². The van der Waals surface area contributed by atoms with Crippen molar-refractivity contribution in [3.63, 3.8) is 0 Å². The van der Waals surface area contributed by atoms with Crippen molar-refractivity contribution in [2.24, 2.45) is 0 Å². The zero-order valence-corrected chi connectivity index (χ0v) is 12.2. The van der Waals surface area contributed by atoms with Crippen LogP contribution >= 0.6 is 23.2 Å². The first-order valence-corrected chi connectivity index (χ1v) is 6.73. The van der Waals surface area contributed by atoms with Crippen molar-refractivity contribution in [1.29, 1.82) is 0 Å². The molecule has 0 spiro atoms. The van der Waals surface area contributed by atoms with Crippen LogP contribution in [-0.4, -0.2) is 9.55 Å². The number of rotatable bonds is 5. The van der Waals surface area contributed by atoms with Crippen LogP contribution in [0.4, 0.5) is 8.78 Å². The molecule has 1 unspecified atom stereocenters. The summed E-state index contributed by atoms with van der Waals surface area (Å²) >= 11 is 11.9. The SMILES string of the molecule is CC(NCc1nccn1C(F)F)c1ccc(Cl)cc1Cl. The summed E-state index contributed by atoms with van der Waals surface area (Å²) in [6, 6.07) is 5.09. The summed E-state index contributed by atoms with van der Waals surface area (Å²) in [5, 5.41) is 4.20. The number of aromatic nitrogens is 2. The van der Waals surface area contributed by atoms with Gasteiger partial charge in [-0.3, -0.25) is 4.57 Å². The van der Waals surface area contributed by atoms with Crippen molar-refractivity contribution in [3.05, 3.63) is 52.0 Å². The Morgan fingerprint density at radius 3 is 2.75 bits per heavy atom. The molecular weight excluding hydrogens is 307 g/mol. The molecule has 108 valence electrons. The molecule has 2 aromatic rings. The maximum absolute atomic E-state index is 12.7. The Hall–Kier alpha value is -1.17. The monoisotopic (exact) mass is 319 g/mol. The topological polar surface area (TPSA) is 29.9 Å². The third-order valence-electron chi connectivity index (χ3n) is 2.95.